The van der Waals surface area contributed by atoms with Crippen LogP contribution in [-0.4, -0.2) is 36.0 Å². The molecule has 0 unspecified atom stereocenters. The van der Waals surface area contributed by atoms with Crippen LogP contribution >= 0.6 is 11.8 Å². The highest BCUT2D eigenvalue weighted by Gasteiger charge is 2.34. The summed E-state index contributed by atoms with van der Waals surface area (Å²) in [6, 6.07) is 11.1. The van der Waals surface area contributed by atoms with Crippen LogP contribution in [0.1, 0.15) is 12.0 Å². The van der Waals surface area contributed by atoms with Crippen LogP contribution < -0.4 is 19.7 Å². The SMILES string of the molecule is O=C(CN(C(=O)[C@H]1CSC(=O)C1)c1ccccc1F)NCc1ccc2c(c1)OCO2. The lowest BCUT2D eigenvalue weighted by Gasteiger charge is -2.25. The Morgan fingerprint density at radius 3 is 2.73 bits per heavy atom. The molecule has 0 saturated carbocycles. The van der Waals surface area contributed by atoms with Crippen molar-refractivity contribution in [1.82, 2.24) is 5.32 Å². The monoisotopic (exact) mass is 430 g/mol. The van der Waals surface area contributed by atoms with Crippen LogP contribution in [0.25, 0.3) is 0 Å². The Bertz CT molecular complexity index is 999. The molecule has 7 nitrogen and oxygen atoms in total. The van der Waals surface area contributed by atoms with Gasteiger partial charge >= 0.3 is 0 Å². The van der Waals surface area contributed by atoms with Crippen molar-refractivity contribution in [2.45, 2.75) is 13.0 Å². The van der Waals surface area contributed by atoms with E-state index < -0.39 is 23.5 Å². The molecule has 0 bridgehead atoms. The van der Waals surface area contributed by atoms with Gasteiger partial charge in [0.05, 0.1) is 11.6 Å². The van der Waals surface area contributed by atoms with Crippen LogP contribution in [0.15, 0.2) is 42.5 Å². The molecule has 0 radical (unpaired) electrons. The number of benzene rings is 2. The Morgan fingerprint density at radius 1 is 1.17 bits per heavy atom. The van der Waals surface area contributed by atoms with Gasteiger partial charge in [0.2, 0.25) is 18.6 Å². The van der Waals surface area contributed by atoms with Gasteiger partial charge in [-0.25, -0.2) is 4.39 Å². The van der Waals surface area contributed by atoms with Gasteiger partial charge in [0, 0.05) is 18.7 Å². The summed E-state index contributed by atoms with van der Waals surface area (Å²) in [7, 11) is 0. The van der Waals surface area contributed by atoms with E-state index in [0.717, 1.165) is 22.2 Å². The van der Waals surface area contributed by atoms with E-state index in [1.807, 2.05) is 0 Å². The van der Waals surface area contributed by atoms with Crippen LogP contribution in [0.4, 0.5) is 10.1 Å². The molecule has 0 spiro atoms. The molecule has 0 aromatic heterocycles. The van der Waals surface area contributed by atoms with E-state index >= 15 is 0 Å². The molecule has 30 heavy (non-hydrogen) atoms. The minimum absolute atomic E-state index is 0.0186. The third-order valence-electron chi connectivity index (χ3n) is 4.85. The van der Waals surface area contributed by atoms with E-state index in [4.69, 9.17) is 9.47 Å². The largest absolute Gasteiger partial charge is 0.454 e. The predicted octanol–water partition coefficient (Wildman–Crippen LogP) is 2.48. The Hall–Kier alpha value is -3.07. The minimum atomic E-state index is -0.605. The lowest BCUT2D eigenvalue weighted by molar-refractivity contribution is -0.126. The normalized spacial score (nSPS) is 17.1. The van der Waals surface area contributed by atoms with Gasteiger partial charge in [-0.05, 0) is 29.8 Å². The second-order valence-corrected chi connectivity index (χ2v) is 8.00. The van der Waals surface area contributed by atoms with Gasteiger partial charge in [-0.3, -0.25) is 19.3 Å². The van der Waals surface area contributed by atoms with E-state index in [0.29, 0.717) is 17.3 Å². The molecule has 2 heterocycles. The van der Waals surface area contributed by atoms with Crippen molar-refractivity contribution in [1.29, 1.82) is 0 Å². The number of fused-ring (bicyclic) bond motifs is 1. The van der Waals surface area contributed by atoms with Crippen molar-refractivity contribution in [3.8, 4) is 11.5 Å². The van der Waals surface area contributed by atoms with Gasteiger partial charge in [0.1, 0.15) is 12.4 Å². The Balaban J connectivity index is 1.45. The predicted molar refractivity (Wildman–Crippen MR) is 109 cm³/mol. The van der Waals surface area contributed by atoms with Crippen molar-refractivity contribution in [3.05, 3.63) is 53.8 Å². The molecular formula is C21H19FN2O5S. The summed E-state index contributed by atoms with van der Waals surface area (Å²) < 4.78 is 24.9. The number of rotatable bonds is 6. The van der Waals surface area contributed by atoms with E-state index in [1.54, 1.807) is 24.3 Å². The quantitative estimate of drug-likeness (QED) is 0.758. The summed E-state index contributed by atoms with van der Waals surface area (Å²) in [6.07, 6.45) is 0.0905. The van der Waals surface area contributed by atoms with E-state index in [9.17, 15) is 18.8 Å². The van der Waals surface area contributed by atoms with Crippen molar-refractivity contribution >= 4 is 34.4 Å². The van der Waals surface area contributed by atoms with Crippen LogP contribution in [0.3, 0.4) is 0 Å². The number of nitrogens with zero attached hydrogens (tertiary/aromatic N) is 1. The maximum atomic E-state index is 14.4. The number of amides is 2. The number of anilines is 1. The van der Waals surface area contributed by atoms with Gasteiger partial charge in [-0.15, -0.1) is 0 Å². The van der Waals surface area contributed by atoms with Crippen molar-refractivity contribution < 1.29 is 28.2 Å². The first-order valence-corrected chi connectivity index (χ1v) is 10.4. The summed E-state index contributed by atoms with van der Waals surface area (Å²) in [4.78, 5) is 38.2. The number of nitrogens with one attached hydrogen (secondary N) is 1. The van der Waals surface area contributed by atoms with Crippen LogP contribution in [0, 0.1) is 11.7 Å². The lowest BCUT2D eigenvalue weighted by Crippen LogP contribution is -2.44. The first kappa shape index (κ1) is 20.2. The lowest BCUT2D eigenvalue weighted by atomic mass is 10.1. The molecule has 2 aromatic carbocycles. The van der Waals surface area contributed by atoms with Crippen molar-refractivity contribution in [2.75, 3.05) is 24.0 Å². The van der Waals surface area contributed by atoms with Crippen LogP contribution in [0.2, 0.25) is 0 Å². The van der Waals surface area contributed by atoms with E-state index in [2.05, 4.69) is 5.32 Å². The number of carbonyl (C=O) groups excluding carboxylic acids is 3. The molecule has 1 fully saturated rings. The third-order valence-corrected chi connectivity index (χ3v) is 5.90. The average molecular weight is 430 g/mol. The zero-order chi connectivity index (χ0) is 21.1. The molecule has 2 amide bonds. The highest BCUT2D eigenvalue weighted by Crippen LogP contribution is 2.32. The molecule has 2 aliphatic heterocycles. The zero-order valence-electron chi connectivity index (χ0n) is 15.9. The summed E-state index contributed by atoms with van der Waals surface area (Å²) in [5.41, 5.74) is 0.819. The standard InChI is InChI=1S/C21H19FN2O5S/c22-15-3-1-2-4-16(15)24(21(27)14-8-20(26)30-11-14)10-19(25)23-9-13-5-6-17-18(7-13)29-12-28-17/h1-7,14H,8-12H2,(H,23,25)/t14-/m1/s1. The van der Waals surface area contributed by atoms with Gasteiger partial charge < -0.3 is 14.8 Å². The van der Waals surface area contributed by atoms with Gasteiger partial charge in [0.25, 0.3) is 0 Å². The molecule has 2 aliphatic rings. The fourth-order valence-electron chi connectivity index (χ4n) is 3.30. The number of hydrogen-bond donors (Lipinski definition) is 1. The molecule has 4 rings (SSSR count). The first-order chi connectivity index (χ1) is 14.5. The molecular weight excluding hydrogens is 411 g/mol. The number of hydrogen-bond acceptors (Lipinski definition) is 6. The maximum Gasteiger partial charge on any atom is 0.240 e. The maximum absolute atomic E-state index is 14.4. The number of halogens is 1. The molecule has 2 aromatic rings. The smallest absolute Gasteiger partial charge is 0.240 e. The summed E-state index contributed by atoms with van der Waals surface area (Å²) in [5.74, 6) is -0.465. The van der Waals surface area contributed by atoms with Crippen LogP contribution in [0.5, 0.6) is 11.5 Å². The molecule has 1 saturated heterocycles. The Kier molecular flexibility index (Phi) is 5.89. The second-order valence-electron chi connectivity index (χ2n) is 6.92. The van der Waals surface area contributed by atoms with Crippen LogP contribution in [-0.2, 0) is 20.9 Å². The van der Waals surface area contributed by atoms with E-state index in [1.165, 1.54) is 18.2 Å². The molecule has 0 aliphatic carbocycles. The minimum Gasteiger partial charge on any atom is -0.454 e. The van der Waals surface area contributed by atoms with Gasteiger partial charge in [-0.2, -0.15) is 0 Å². The topological polar surface area (TPSA) is 84.9 Å². The summed E-state index contributed by atoms with van der Waals surface area (Å²) in [6.45, 7) is 0.0268. The fourth-order valence-corrected chi connectivity index (χ4v) is 4.26. The van der Waals surface area contributed by atoms with Gasteiger partial charge in [-0.1, -0.05) is 30.0 Å². The number of thioether (sulfide) groups is 1. The zero-order valence-corrected chi connectivity index (χ0v) is 16.7. The molecule has 9 heteroatoms. The van der Waals surface area contributed by atoms with Crippen molar-refractivity contribution in [3.63, 3.8) is 0 Å². The molecule has 156 valence electrons. The number of ether oxygens (including phenoxy) is 2. The third kappa shape index (κ3) is 4.40. The van der Waals surface area contributed by atoms with Crippen molar-refractivity contribution in [2.24, 2.45) is 5.92 Å². The molecule has 1 N–H and O–H groups in total. The van der Waals surface area contributed by atoms with E-state index in [-0.39, 0.29) is 37.1 Å². The molecule has 1 atom stereocenters. The summed E-state index contributed by atoms with van der Waals surface area (Å²) in [5, 5.41) is 2.67. The van der Waals surface area contributed by atoms with Gasteiger partial charge in [0.15, 0.2) is 16.6 Å². The highest BCUT2D eigenvalue weighted by molar-refractivity contribution is 8.14. The fraction of sp³-hybridized carbons (Fsp3) is 0.286. The summed E-state index contributed by atoms with van der Waals surface area (Å²) >= 11 is 1.08. The Labute approximate surface area is 176 Å². The first-order valence-electron chi connectivity index (χ1n) is 9.38. The second kappa shape index (κ2) is 8.74. The average Bonchev–Trinajstić information content (AvgIpc) is 3.39. The number of para-hydroxylation sites is 1. The highest BCUT2D eigenvalue weighted by atomic mass is 32.2. The Morgan fingerprint density at radius 2 is 1.97 bits per heavy atom. The number of carbonyl (C=O) groups is 3.